The van der Waals surface area contributed by atoms with Crippen LogP contribution in [0.2, 0.25) is 0 Å². The number of aryl methyl sites for hydroxylation is 1. The van der Waals surface area contributed by atoms with Crippen molar-refractivity contribution >= 4 is 28.8 Å². The van der Waals surface area contributed by atoms with E-state index in [9.17, 15) is 9.59 Å². The van der Waals surface area contributed by atoms with Crippen molar-refractivity contribution in [3.8, 4) is 5.75 Å². The molecule has 0 bridgehead atoms. The number of amides is 2. The fourth-order valence-electron chi connectivity index (χ4n) is 3.53. The van der Waals surface area contributed by atoms with Gasteiger partial charge in [0.1, 0.15) is 12.4 Å². The van der Waals surface area contributed by atoms with Gasteiger partial charge in [0.2, 0.25) is 5.01 Å². The van der Waals surface area contributed by atoms with Crippen molar-refractivity contribution in [2.75, 3.05) is 18.4 Å². The first kappa shape index (κ1) is 22.0. The maximum atomic E-state index is 12.7. The lowest BCUT2D eigenvalue weighted by molar-refractivity contribution is 0.0697. The molecule has 1 saturated heterocycles. The molecule has 0 spiro atoms. The van der Waals surface area contributed by atoms with Crippen LogP contribution < -0.4 is 10.1 Å². The average Bonchev–Trinajstić information content (AvgIpc) is 3.28. The van der Waals surface area contributed by atoms with E-state index >= 15 is 0 Å². The zero-order valence-corrected chi connectivity index (χ0v) is 19.0. The van der Waals surface area contributed by atoms with Crippen LogP contribution in [0, 0.1) is 12.8 Å². The summed E-state index contributed by atoms with van der Waals surface area (Å²) >= 11 is 1.19. The van der Waals surface area contributed by atoms with Crippen molar-refractivity contribution in [2.45, 2.75) is 33.3 Å². The van der Waals surface area contributed by atoms with Crippen LogP contribution in [0.5, 0.6) is 5.75 Å². The molecule has 1 aromatic heterocycles. The predicted molar refractivity (Wildman–Crippen MR) is 124 cm³/mol. The minimum absolute atomic E-state index is 0.0390. The molecule has 1 N–H and O–H groups in total. The number of nitrogens with zero attached hydrogens (tertiary/aromatic N) is 3. The molecule has 8 heteroatoms. The highest BCUT2D eigenvalue weighted by Gasteiger charge is 2.21. The van der Waals surface area contributed by atoms with E-state index in [0.717, 1.165) is 37.2 Å². The topological polar surface area (TPSA) is 84.4 Å². The molecule has 1 aliphatic rings. The number of aromatic nitrogens is 2. The maximum Gasteiger partial charge on any atom is 0.286 e. The van der Waals surface area contributed by atoms with Crippen LogP contribution in [0.4, 0.5) is 5.69 Å². The Bertz CT molecular complexity index is 1090. The van der Waals surface area contributed by atoms with E-state index < -0.39 is 0 Å². The molecule has 166 valence electrons. The standard InChI is InChI=1S/C24H26N4O3S/c1-16-10-12-28(13-11-16)24(30)18-6-8-19(9-7-18)25-22(29)23-27-26-21(32-23)15-31-20-5-3-4-17(2)14-20/h3-9,14,16H,10-13,15H2,1-2H3,(H,25,29). The Hall–Kier alpha value is -3.26. The summed E-state index contributed by atoms with van der Waals surface area (Å²) in [5, 5.41) is 11.7. The molecule has 0 atom stereocenters. The minimum atomic E-state index is -0.339. The van der Waals surface area contributed by atoms with E-state index in [1.54, 1.807) is 24.3 Å². The quantitative estimate of drug-likeness (QED) is 0.596. The molecule has 2 aromatic carbocycles. The van der Waals surface area contributed by atoms with Gasteiger partial charge in [-0.05, 0) is 67.6 Å². The van der Waals surface area contributed by atoms with E-state index in [-0.39, 0.29) is 23.4 Å². The molecule has 2 amide bonds. The van der Waals surface area contributed by atoms with E-state index in [0.29, 0.717) is 22.2 Å². The third kappa shape index (κ3) is 5.50. The summed E-state index contributed by atoms with van der Waals surface area (Å²) in [6.45, 7) is 6.06. The smallest absolute Gasteiger partial charge is 0.286 e. The number of anilines is 1. The van der Waals surface area contributed by atoms with Gasteiger partial charge in [0.15, 0.2) is 5.01 Å². The fourth-order valence-corrected chi connectivity index (χ4v) is 4.18. The lowest BCUT2D eigenvalue weighted by Crippen LogP contribution is -2.37. The van der Waals surface area contributed by atoms with Crippen LogP contribution >= 0.6 is 11.3 Å². The molecule has 7 nitrogen and oxygen atoms in total. The number of ether oxygens (including phenoxy) is 1. The highest BCUT2D eigenvalue weighted by molar-refractivity contribution is 7.13. The molecular formula is C24H26N4O3S. The third-order valence-corrected chi connectivity index (χ3v) is 6.37. The second-order valence-electron chi connectivity index (χ2n) is 8.11. The molecule has 0 unspecified atom stereocenters. The zero-order chi connectivity index (χ0) is 22.5. The molecule has 4 rings (SSSR count). The first-order chi connectivity index (χ1) is 15.5. The van der Waals surface area contributed by atoms with Gasteiger partial charge < -0.3 is 15.0 Å². The Morgan fingerprint density at radius 3 is 2.59 bits per heavy atom. The Morgan fingerprint density at radius 1 is 1.12 bits per heavy atom. The molecule has 0 aliphatic carbocycles. The van der Waals surface area contributed by atoms with Gasteiger partial charge in [-0.25, -0.2) is 0 Å². The van der Waals surface area contributed by atoms with Gasteiger partial charge in [-0.15, -0.1) is 10.2 Å². The van der Waals surface area contributed by atoms with Gasteiger partial charge >= 0.3 is 0 Å². The van der Waals surface area contributed by atoms with Gasteiger partial charge in [0.05, 0.1) is 0 Å². The highest BCUT2D eigenvalue weighted by Crippen LogP contribution is 2.20. The number of benzene rings is 2. The van der Waals surface area contributed by atoms with Crippen LogP contribution in [0.15, 0.2) is 48.5 Å². The number of hydrogen-bond acceptors (Lipinski definition) is 6. The summed E-state index contributed by atoms with van der Waals surface area (Å²) in [6.07, 6.45) is 2.08. The number of rotatable bonds is 6. The maximum absolute atomic E-state index is 12.7. The second kappa shape index (κ2) is 9.91. The second-order valence-corrected chi connectivity index (χ2v) is 9.17. The number of piperidine rings is 1. The van der Waals surface area contributed by atoms with Crippen molar-refractivity contribution in [3.63, 3.8) is 0 Å². The van der Waals surface area contributed by atoms with E-state index in [1.165, 1.54) is 11.3 Å². The SMILES string of the molecule is Cc1cccc(OCc2nnc(C(=O)Nc3ccc(C(=O)N4CCC(C)CC4)cc3)s2)c1. The molecule has 0 radical (unpaired) electrons. The number of carbonyl (C=O) groups is 2. The van der Waals surface area contributed by atoms with Gasteiger partial charge in [-0.1, -0.05) is 30.4 Å². The molecule has 3 aromatic rings. The van der Waals surface area contributed by atoms with Crippen LogP contribution in [-0.4, -0.2) is 40.0 Å². The van der Waals surface area contributed by atoms with Gasteiger partial charge in [-0.2, -0.15) is 0 Å². The number of carbonyl (C=O) groups excluding carboxylic acids is 2. The van der Waals surface area contributed by atoms with Crippen molar-refractivity contribution in [1.29, 1.82) is 0 Å². The van der Waals surface area contributed by atoms with Crippen LogP contribution in [0.25, 0.3) is 0 Å². The van der Waals surface area contributed by atoms with E-state index in [4.69, 9.17) is 4.74 Å². The molecule has 0 saturated carbocycles. The summed E-state index contributed by atoms with van der Waals surface area (Å²) in [4.78, 5) is 27.1. The summed E-state index contributed by atoms with van der Waals surface area (Å²) in [5.41, 5.74) is 2.34. The fraction of sp³-hybridized carbons (Fsp3) is 0.333. The molecule has 1 fully saturated rings. The lowest BCUT2D eigenvalue weighted by Gasteiger charge is -2.30. The van der Waals surface area contributed by atoms with Crippen molar-refractivity contribution in [2.24, 2.45) is 5.92 Å². The normalized spacial score (nSPS) is 14.2. The van der Waals surface area contributed by atoms with Crippen LogP contribution in [-0.2, 0) is 6.61 Å². The predicted octanol–water partition coefficient (Wildman–Crippen LogP) is 4.55. The summed E-state index contributed by atoms with van der Waals surface area (Å²) in [6, 6.07) is 14.7. The molecule has 32 heavy (non-hydrogen) atoms. The molecule has 1 aliphatic heterocycles. The third-order valence-electron chi connectivity index (χ3n) is 5.47. The Morgan fingerprint density at radius 2 is 1.88 bits per heavy atom. The van der Waals surface area contributed by atoms with E-state index in [2.05, 4.69) is 22.4 Å². The Kier molecular flexibility index (Phi) is 6.80. The average molecular weight is 451 g/mol. The summed E-state index contributed by atoms with van der Waals surface area (Å²) < 4.78 is 5.72. The van der Waals surface area contributed by atoms with Crippen molar-refractivity contribution in [1.82, 2.24) is 15.1 Å². The summed E-state index contributed by atoms with van der Waals surface area (Å²) in [5.74, 6) is 1.12. The van der Waals surface area contributed by atoms with Gasteiger partial charge in [0.25, 0.3) is 11.8 Å². The molecular weight excluding hydrogens is 424 g/mol. The monoisotopic (exact) mass is 450 g/mol. The Balaban J connectivity index is 1.31. The largest absolute Gasteiger partial charge is 0.486 e. The van der Waals surface area contributed by atoms with Crippen molar-refractivity contribution < 1.29 is 14.3 Å². The first-order valence-electron chi connectivity index (χ1n) is 10.7. The van der Waals surface area contributed by atoms with Crippen molar-refractivity contribution in [3.05, 3.63) is 69.7 Å². The van der Waals surface area contributed by atoms with E-state index in [1.807, 2.05) is 36.1 Å². The highest BCUT2D eigenvalue weighted by atomic mass is 32.1. The van der Waals surface area contributed by atoms with Gasteiger partial charge in [0, 0.05) is 24.3 Å². The number of nitrogens with one attached hydrogen (secondary N) is 1. The lowest BCUT2D eigenvalue weighted by atomic mass is 9.98. The number of likely N-dealkylation sites (tertiary alicyclic amines) is 1. The van der Waals surface area contributed by atoms with Crippen LogP contribution in [0.1, 0.15) is 50.5 Å². The Labute approximate surface area is 191 Å². The van der Waals surface area contributed by atoms with Gasteiger partial charge in [-0.3, -0.25) is 9.59 Å². The zero-order valence-electron chi connectivity index (χ0n) is 18.2. The molecule has 2 heterocycles. The number of hydrogen-bond donors (Lipinski definition) is 1. The minimum Gasteiger partial charge on any atom is -0.486 e. The summed E-state index contributed by atoms with van der Waals surface area (Å²) in [7, 11) is 0. The first-order valence-corrected chi connectivity index (χ1v) is 11.5. The van der Waals surface area contributed by atoms with Crippen LogP contribution in [0.3, 0.4) is 0 Å².